The SMILES string of the molecule is CC(=O)C1=C(O)c2ccccc2C2(CC=C(c3ccc(C)cc3)c3ccc(C)cc3)OC(C)C(c3ccc(C)cc3)(c3ccc(C)cc3)N=C12. The summed E-state index contributed by atoms with van der Waals surface area (Å²) in [5.74, 6) is -0.329. The summed E-state index contributed by atoms with van der Waals surface area (Å²) in [5.41, 5.74) is 9.65. The fourth-order valence-electron chi connectivity index (χ4n) is 7.62. The molecule has 5 aromatic rings. The van der Waals surface area contributed by atoms with Gasteiger partial charge in [0.25, 0.3) is 0 Å². The number of hydrogen-bond donors (Lipinski definition) is 1. The van der Waals surface area contributed by atoms with Crippen molar-refractivity contribution in [1.29, 1.82) is 0 Å². The summed E-state index contributed by atoms with van der Waals surface area (Å²) in [4.78, 5) is 19.5. The van der Waals surface area contributed by atoms with Crippen molar-refractivity contribution in [3.05, 3.63) is 189 Å². The van der Waals surface area contributed by atoms with Gasteiger partial charge >= 0.3 is 0 Å². The molecule has 1 aliphatic carbocycles. The topological polar surface area (TPSA) is 58.9 Å². The normalized spacial score (nSPS) is 19.2. The van der Waals surface area contributed by atoms with Crippen LogP contribution in [0, 0.1) is 27.7 Å². The van der Waals surface area contributed by atoms with Crippen LogP contribution in [0.1, 0.15) is 75.9 Å². The van der Waals surface area contributed by atoms with Crippen LogP contribution in [0.5, 0.6) is 0 Å². The first kappa shape index (κ1) is 33.2. The fourth-order valence-corrected chi connectivity index (χ4v) is 7.62. The number of benzene rings is 5. The lowest BCUT2D eigenvalue weighted by Gasteiger charge is -2.51. The molecule has 0 saturated carbocycles. The Morgan fingerprint density at radius 3 is 1.66 bits per heavy atom. The number of Topliss-reactive ketones (excluding diaryl/α,β-unsaturated/α-hetero) is 1. The zero-order chi connectivity index (χ0) is 35.2. The minimum Gasteiger partial charge on any atom is -0.506 e. The largest absolute Gasteiger partial charge is 0.506 e. The van der Waals surface area contributed by atoms with Gasteiger partial charge in [-0.2, -0.15) is 0 Å². The van der Waals surface area contributed by atoms with E-state index in [9.17, 15) is 9.90 Å². The molecule has 2 atom stereocenters. The maximum absolute atomic E-state index is 13.7. The first-order chi connectivity index (χ1) is 24.0. The summed E-state index contributed by atoms with van der Waals surface area (Å²) < 4.78 is 7.51. The van der Waals surface area contributed by atoms with E-state index in [1.165, 1.54) is 18.1 Å². The molecule has 0 fully saturated rings. The number of aliphatic hydroxyl groups excluding tert-OH is 1. The number of ether oxygens (including phenoxy) is 1. The van der Waals surface area contributed by atoms with Crippen LogP contribution < -0.4 is 0 Å². The van der Waals surface area contributed by atoms with Gasteiger partial charge in [-0.15, -0.1) is 0 Å². The predicted molar refractivity (Wildman–Crippen MR) is 204 cm³/mol. The van der Waals surface area contributed by atoms with Gasteiger partial charge in [-0.05, 0) is 69.4 Å². The molecule has 1 N–H and O–H groups in total. The number of aliphatic imine (C=N–C) groups is 1. The van der Waals surface area contributed by atoms with Gasteiger partial charge in [-0.3, -0.25) is 9.79 Å². The van der Waals surface area contributed by atoms with Gasteiger partial charge in [-0.25, -0.2) is 0 Å². The van der Waals surface area contributed by atoms with Crippen molar-refractivity contribution in [2.45, 2.75) is 65.2 Å². The van der Waals surface area contributed by atoms with Gasteiger partial charge in [0.15, 0.2) is 5.78 Å². The summed E-state index contributed by atoms with van der Waals surface area (Å²) in [6, 6.07) is 41.6. The van der Waals surface area contributed by atoms with Crippen molar-refractivity contribution < 1.29 is 14.6 Å². The number of rotatable bonds is 7. The molecule has 1 aliphatic heterocycles. The highest BCUT2D eigenvalue weighted by Gasteiger charge is 2.56. The number of carbonyl (C=O) groups is 1. The van der Waals surface area contributed by atoms with E-state index in [0.717, 1.165) is 44.5 Å². The second-order valence-corrected chi connectivity index (χ2v) is 13.9. The van der Waals surface area contributed by atoms with Gasteiger partial charge in [0.1, 0.15) is 16.9 Å². The van der Waals surface area contributed by atoms with Crippen LogP contribution in [0.25, 0.3) is 11.3 Å². The molecule has 0 saturated heterocycles. The molecule has 5 aromatic carbocycles. The Hall–Kier alpha value is -5.32. The Bertz CT molecular complexity index is 2080. The van der Waals surface area contributed by atoms with Crippen molar-refractivity contribution in [3.63, 3.8) is 0 Å². The lowest BCUT2D eigenvalue weighted by Crippen LogP contribution is -2.56. The van der Waals surface area contributed by atoms with E-state index in [1.807, 2.05) is 24.3 Å². The number of fused-ring (bicyclic) bond motifs is 3. The third-order valence-electron chi connectivity index (χ3n) is 10.4. The van der Waals surface area contributed by atoms with Gasteiger partial charge in [0, 0.05) is 17.5 Å². The second-order valence-electron chi connectivity index (χ2n) is 13.9. The average Bonchev–Trinajstić information content (AvgIpc) is 3.11. The molecule has 50 heavy (non-hydrogen) atoms. The Morgan fingerprint density at radius 1 is 0.720 bits per heavy atom. The van der Waals surface area contributed by atoms with E-state index < -0.39 is 17.2 Å². The molecule has 2 aliphatic rings. The van der Waals surface area contributed by atoms with Crippen LogP contribution in [0.4, 0.5) is 0 Å². The molecule has 1 heterocycles. The van der Waals surface area contributed by atoms with Gasteiger partial charge < -0.3 is 9.84 Å². The standard InChI is InChI=1S/C46H43NO3/c1-29-11-19-35(20-12-29)39(36-21-13-30(2)14-22-36)27-28-45-41-10-8-7-9-40(41)43(49)42(33(5)48)44(45)47-46(34(6)50-45,37-23-15-31(3)16-24-37)38-25-17-32(4)18-26-38/h7-27,34,49H,28H2,1-6H3. The number of carbonyl (C=O) groups excluding carboxylic acids is 1. The summed E-state index contributed by atoms with van der Waals surface area (Å²) in [6.45, 7) is 11.9. The first-order valence-electron chi connectivity index (χ1n) is 17.3. The zero-order valence-corrected chi connectivity index (χ0v) is 29.6. The van der Waals surface area contributed by atoms with Crippen LogP contribution in [0.15, 0.2) is 138 Å². The number of ketones is 1. The molecule has 4 heteroatoms. The Balaban J connectivity index is 1.54. The molecule has 7 rings (SSSR count). The molecular weight excluding hydrogens is 615 g/mol. The lowest BCUT2D eigenvalue weighted by molar-refractivity contribution is -0.114. The quantitative estimate of drug-likeness (QED) is 0.190. The van der Waals surface area contributed by atoms with Gasteiger partial charge in [0.2, 0.25) is 0 Å². The lowest BCUT2D eigenvalue weighted by atomic mass is 9.69. The Kier molecular flexibility index (Phi) is 8.53. The van der Waals surface area contributed by atoms with Crippen molar-refractivity contribution in [3.8, 4) is 0 Å². The molecule has 0 bridgehead atoms. The van der Waals surface area contributed by atoms with Crippen molar-refractivity contribution >= 4 is 22.8 Å². The number of aryl methyl sites for hydroxylation is 4. The van der Waals surface area contributed by atoms with Crippen LogP contribution in [0.2, 0.25) is 0 Å². The van der Waals surface area contributed by atoms with Crippen LogP contribution in [0.3, 0.4) is 0 Å². The molecule has 0 radical (unpaired) electrons. The van der Waals surface area contributed by atoms with Crippen LogP contribution in [-0.2, 0) is 20.7 Å². The van der Waals surface area contributed by atoms with E-state index in [-0.39, 0.29) is 17.1 Å². The van der Waals surface area contributed by atoms with Crippen molar-refractivity contribution in [2.24, 2.45) is 4.99 Å². The number of nitrogens with zero attached hydrogens (tertiary/aromatic N) is 1. The highest BCUT2D eigenvalue weighted by molar-refractivity contribution is 6.30. The van der Waals surface area contributed by atoms with E-state index in [2.05, 4.69) is 138 Å². The summed E-state index contributed by atoms with van der Waals surface area (Å²) in [6.07, 6.45) is 2.14. The maximum Gasteiger partial charge on any atom is 0.165 e. The van der Waals surface area contributed by atoms with E-state index >= 15 is 0 Å². The Labute approximate surface area is 295 Å². The predicted octanol–water partition coefficient (Wildman–Crippen LogP) is 10.3. The minimum atomic E-state index is -1.16. The fraction of sp³-hybridized carbons (Fsp3) is 0.217. The monoisotopic (exact) mass is 657 g/mol. The molecule has 0 spiro atoms. The first-order valence-corrected chi connectivity index (χ1v) is 17.3. The molecule has 4 nitrogen and oxygen atoms in total. The van der Waals surface area contributed by atoms with Crippen LogP contribution in [-0.4, -0.2) is 22.7 Å². The maximum atomic E-state index is 13.7. The number of hydrogen-bond acceptors (Lipinski definition) is 4. The van der Waals surface area contributed by atoms with Crippen LogP contribution >= 0.6 is 0 Å². The van der Waals surface area contributed by atoms with Crippen molar-refractivity contribution in [2.75, 3.05) is 0 Å². The molecule has 2 unspecified atom stereocenters. The summed E-state index contributed by atoms with van der Waals surface area (Å²) in [5, 5.41) is 11.9. The average molecular weight is 658 g/mol. The van der Waals surface area contributed by atoms with E-state index in [1.54, 1.807) is 0 Å². The molecule has 250 valence electrons. The second kappa shape index (κ2) is 12.9. The highest BCUT2D eigenvalue weighted by atomic mass is 16.5. The number of aliphatic hydroxyl groups is 1. The smallest absolute Gasteiger partial charge is 0.165 e. The third-order valence-corrected chi connectivity index (χ3v) is 10.4. The van der Waals surface area contributed by atoms with E-state index in [4.69, 9.17) is 9.73 Å². The van der Waals surface area contributed by atoms with E-state index in [0.29, 0.717) is 17.7 Å². The third kappa shape index (κ3) is 5.54. The highest BCUT2D eigenvalue weighted by Crippen LogP contribution is 2.53. The van der Waals surface area contributed by atoms with Gasteiger partial charge in [0.05, 0.1) is 17.4 Å². The molecule has 0 amide bonds. The van der Waals surface area contributed by atoms with Crippen molar-refractivity contribution in [1.82, 2.24) is 0 Å². The molecular formula is C46H43NO3. The molecule has 0 aromatic heterocycles. The summed E-state index contributed by atoms with van der Waals surface area (Å²) in [7, 11) is 0. The minimum absolute atomic E-state index is 0.0661. The summed E-state index contributed by atoms with van der Waals surface area (Å²) >= 11 is 0. The van der Waals surface area contributed by atoms with Gasteiger partial charge in [-0.1, -0.05) is 150 Å². The zero-order valence-electron chi connectivity index (χ0n) is 29.6. The Morgan fingerprint density at radius 2 is 1.18 bits per heavy atom.